The van der Waals surface area contributed by atoms with E-state index in [4.69, 9.17) is 0 Å². The summed E-state index contributed by atoms with van der Waals surface area (Å²) in [5.41, 5.74) is 14.1. The normalized spacial score (nSPS) is 11.4. The molecular weight excluding hydrogens is 701 g/mol. The molecule has 0 bridgehead atoms. The van der Waals surface area contributed by atoms with Crippen LogP contribution in [0.15, 0.2) is 231 Å². The highest BCUT2D eigenvalue weighted by Gasteiger charge is 2.20. The first-order valence-electron chi connectivity index (χ1n) is 19.9. The predicted octanol–water partition coefficient (Wildman–Crippen LogP) is 15.6. The summed E-state index contributed by atoms with van der Waals surface area (Å²) < 4.78 is 2.38. The molecule has 0 spiro atoms. The zero-order valence-corrected chi connectivity index (χ0v) is 31.8. The van der Waals surface area contributed by atoms with Crippen LogP contribution in [0.3, 0.4) is 0 Å². The van der Waals surface area contributed by atoms with E-state index in [0.29, 0.717) is 0 Å². The van der Waals surface area contributed by atoms with Crippen molar-refractivity contribution in [1.82, 2.24) is 4.57 Å². The molecule has 0 atom stereocenters. The van der Waals surface area contributed by atoms with Crippen molar-refractivity contribution in [3.63, 3.8) is 0 Å². The molecule has 0 saturated carbocycles. The number of rotatable bonds is 7. The molecule has 1 aromatic heterocycles. The molecule has 0 N–H and O–H groups in total. The van der Waals surface area contributed by atoms with E-state index in [1.807, 2.05) is 0 Å². The van der Waals surface area contributed by atoms with Crippen molar-refractivity contribution in [3.8, 4) is 39.1 Å². The molecule has 11 rings (SSSR count). The van der Waals surface area contributed by atoms with Gasteiger partial charge in [0.2, 0.25) is 0 Å². The fourth-order valence-electron chi connectivity index (χ4n) is 8.87. The third kappa shape index (κ3) is 5.74. The molecule has 0 aliphatic heterocycles. The van der Waals surface area contributed by atoms with Crippen LogP contribution in [0.4, 0.5) is 17.1 Å². The molecule has 0 aliphatic rings. The second-order valence-electron chi connectivity index (χ2n) is 14.9. The van der Waals surface area contributed by atoms with E-state index in [1.54, 1.807) is 0 Å². The van der Waals surface area contributed by atoms with E-state index in [-0.39, 0.29) is 0 Å². The molecule has 2 nitrogen and oxygen atoms in total. The Morgan fingerprint density at radius 3 is 1.40 bits per heavy atom. The average Bonchev–Trinajstić information content (AvgIpc) is 3.63. The highest BCUT2D eigenvalue weighted by molar-refractivity contribution is 6.11. The van der Waals surface area contributed by atoms with Crippen molar-refractivity contribution < 1.29 is 0 Å². The first kappa shape index (κ1) is 33.6. The molecule has 0 fully saturated rings. The van der Waals surface area contributed by atoms with E-state index < -0.39 is 0 Å². The SMILES string of the molecule is c1ccc(-n2c3ccccc3c3cc(-c4ccccc4N(c4ccc(-c5cccc6ccccc56)cc4)c4ccc(-c5cccc6ccccc56)cc4)ccc32)cc1. The number of nitrogens with zero attached hydrogens (tertiary/aromatic N) is 2. The fraction of sp³-hybridized carbons (Fsp3) is 0. The zero-order valence-electron chi connectivity index (χ0n) is 31.8. The van der Waals surface area contributed by atoms with Crippen LogP contribution in [-0.4, -0.2) is 4.57 Å². The van der Waals surface area contributed by atoms with Gasteiger partial charge >= 0.3 is 0 Å². The molecule has 272 valence electrons. The Morgan fingerprint density at radius 2 is 0.759 bits per heavy atom. The average molecular weight is 739 g/mol. The lowest BCUT2D eigenvalue weighted by molar-refractivity contribution is 1.18. The van der Waals surface area contributed by atoms with Gasteiger partial charge in [-0.25, -0.2) is 0 Å². The van der Waals surface area contributed by atoms with E-state index in [2.05, 4.69) is 240 Å². The number of benzene rings is 10. The first-order valence-corrected chi connectivity index (χ1v) is 19.9. The van der Waals surface area contributed by atoms with Crippen molar-refractivity contribution in [2.45, 2.75) is 0 Å². The molecule has 0 radical (unpaired) electrons. The summed E-state index contributed by atoms with van der Waals surface area (Å²) in [4.78, 5) is 2.41. The zero-order chi connectivity index (χ0) is 38.4. The summed E-state index contributed by atoms with van der Waals surface area (Å²) in [6, 6.07) is 83.7. The summed E-state index contributed by atoms with van der Waals surface area (Å²) in [7, 11) is 0. The van der Waals surface area contributed by atoms with Crippen LogP contribution < -0.4 is 4.90 Å². The lowest BCUT2D eigenvalue weighted by atomic mass is 9.96. The lowest BCUT2D eigenvalue weighted by Gasteiger charge is -2.28. The molecule has 11 aromatic rings. The molecule has 2 heteroatoms. The van der Waals surface area contributed by atoms with E-state index in [9.17, 15) is 0 Å². The molecule has 0 unspecified atom stereocenters. The number of hydrogen-bond acceptors (Lipinski definition) is 1. The van der Waals surface area contributed by atoms with Gasteiger partial charge in [0.25, 0.3) is 0 Å². The van der Waals surface area contributed by atoms with Gasteiger partial charge in [0.15, 0.2) is 0 Å². The molecule has 0 aliphatic carbocycles. The van der Waals surface area contributed by atoms with Crippen molar-refractivity contribution in [3.05, 3.63) is 231 Å². The Kier molecular flexibility index (Phi) is 8.19. The standard InChI is InChI=1S/C56H38N2/c1-2-18-44(19-3-1)58-55-27-11-9-23-52(55)53-38-43(32-37-56(53)58)51-22-8-10-26-54(51)57(45-33-28-41(29-34-45)49-24-12-16-39-14-4-6-20-47(39)49)46-35-30-42(31-36-46)50-25-13-17-40-15-5-7-21-48(40)50/h1-38H. The summed E-state index contributed by atoms with van der Waals surface area (Å²) in [6.45, 7) is 0. The maximum Gasteiger partial charge on any atom is 0.0541 e. The second kappa shape index (κ2) is 14.1. The van der Waals surface area contributed by atoms with Gasteiger partial charge in [0.1, 0.15) is 0 Å². The van der Waals surface area contributed by atoms with Gasteiger partial charge in [-0.1, -0.05) is 170 Å². The molecule has 1 heterocycles. The van der Waals surface area contributed by atoms with Crippen LogP contribution >= 0.6 is 0 Å². The summed E-state index contributed by atoms with van der Waals surface area (Å²) >= 11 is 0. The van der Waals surface area contributed by atoms with Crippen LogP contribution in [0.5, 0.6) is 0 Å². The van der Waals surface area contributed by atoms with Crippen LogP contribution in [0.25, 0.3) is 82.4 Å². The van der Waals surface area contributed by atoms with E-state index in [1.165, 1.54) is 71.2 Å². The van der Waals surface area contributed by atoms with Crippen LogP contribution in [0.2, 0.25) is 0 Å². The fourth-order valence-corrected chi connectivity index (χ4v) is 8.87. The third-order valence-corrected chi connectivity index (χ3v) is 11.6. The van der Waals surface area contributed by atoms with Gasteiger partial charge in [0.05, 0.1) is 16.7 Å². The second-order valence-corrected chi connectivity index (χ2v) is 14.9. The maximum atomic E-state index is 2.41. The number of fused-ring (bicyclic) bond motifs is 5. The van der Waals surface area contributed by atoms with Crippen LogP contribution in [-0.2, 0) is 0 Å². The number of para-hydroxylation sites is 3. The van der Waals surface area contributed by atoms with Gasteiger partial charge in [0, 0.05) is 33.4 Å². The predicted molar refractivity (Wildman–Crippen MR) is 247 cm³/mol. The Balaban J connectivity index is 1.07. The monoisotopic (exact) mass is 738 g/mol. The Morgan fingerprint density at radius 1 is 0.293 bits per heavy atom. The Labute approximate surface area is 338 Å². The van der Waals surface area contributed by atoms with E-state index in [0.717, 1.165) is 28.3 Å². The van der Waals surface area contributed by atoms with Gasteiger partial charge in [-0.05, 0) is 110 Å². The minimum Gasteiger partial charge on any atom is -0.310 e. The Hall–Kier alpha value is -7.68. The molecule has 0 amide bonds. The van der Waals surface area contributed by atoms with Crippen molar-refractivity contribution >= 4 is 60.4 Å². The van der Waals surface area contributed by atoms with Crippen molar-refractivity contribution in [1.29, 1.82) is 0 Å². The smallest absolute Gasteiger partial charge is 0.0541 e. The minimum atomic E-state index is 1.09. The maximum absolute atomic E-state index is 2.41. The number of anilines is 3. The molecule has 10 aromatic carbocycles. The molecular formula is C56H38N2. The molecule has 58 heavy (non-hydrogen) atoms. The molecule has 0 saturated heterocycles. The van der Waals surface area contributed by atoms with Gasteiger partial charge in [-0.3, -0.25) is 0 Å². The van der Waals surface area contributed by atoms with Gasteiger partial charge in [-0.2, -0.15) is 0 Å². The summed E-state index contributed by atoms with van der Waals surface area (Å²) in [5, 5.41) is 7.48. The quantitative estimate of drug-likeness (QED) is 0.158. The number of aromatic nitrogens is 1. The lowest BCUT2D eigenvalue weighted by Crippen LogP contribution is -2.11. The third-order valence-electron chi connectivity index (χ3n) is 11.6. The topological polar surface area (TPSA) is 8.17 Å². The highest BCUT2D eigenvalue weighted by atomic mass is 15.1. The van der Waals surface area contributed by atoms with Gasteiger partial charge in [-0.15, -0.1) is 0 Å². The number of hydrogen-bond donors (Lipinski definition) is 0. The first-order chi connectivity index (χ1) is 28.8. The van der Waals surface area contributed by atoms with E-state index >= 15 is 0 Å². The van der Waals surface area contributed by atoms with Crippen molar-refractivity contribution in [2.75, 3.05) is 4.90 Å². The summed E-state index contributed by atoms with van der Waals surface area (Å²) in [5.74, 6) is 0. The Bertz CT molecular complexity index is 3130. The van der Waals surface area contributed by atoms with Crippen LogP contribution in [0.1, 0.15) is 0 Å². The van der Waals surface area contributed by atoms with Gasteiger partial charge < -0.3 is 9.47 Å². The van der Waals surface area contributed by atoms with Crippen LogP contribution in [0, 0.1) is 0 Å². The van der Waals surface area contributed by atoms with Crippen molar-refractivity contribution in [2.24, 2.45) is 0 Å². The largest absolute Gasteiger partial charge is 0.310 e. The minimum absolute atomic E-state index is 1.09. The highest BCUT2D eigenvalue weighted by Crippen LogP contribution is 2.44. The summed E-state index contributed by atoms with van der Waals surface area (Å²) in [6.07, 6.45) is 0.